The molecule has 1 rings (SSSR count). The highest BCUT2D eigenvalue weighted by molar-refractivity contribution is 14.1. The number of methoxy groups -OCH3 is 1. The molecule has 0 aliphatic rings. The van der Waals surface area contributed by atoms with Crippen molar-refractivity contribution in [2.24, 2.45) is 0 Å². The first kappa shape index (κ1) is 9.99. The molecule has 0 saturated carbocycles. The van der Waals surface area contributed by atoms with Gasteiger partial charge < -0.3 is 4.74 Å². The largest absolute Gasteiger partial charge is 0.377 e. The summed E-state index contributed by atoms with van der Waals surface area (Å²) in [6.07, 6.45) is 1.35. The number of benzene rings is 1. The van der Waals surface area contributed by atoms with Crippen molar-refractivity contribution < 1.29 is 4.74 Å². The van der Waals surface area contributed by atoms with Crippen molar-refractivity contribution in [1.29, 1.82) is 0 Å². The fraction of sp³-hybridized carbons (Fsp3) is 0.400. The van der Waals surface area contributed by atoms with Crippen molar-refractivity contribution >= 4 is 22.6 Å². The van der Waals surface area contributed by atoms with Crippen LogP contribution in [-0.2, 0) is 4.74 Å². The molecular formula is C10H13IO. The van der Waals surface area contributed by atoms with Crippen molar-refractivity contribution in [3.8, 4) is 0 Å². The molecule has 0 radical (unpaired) electrons. The molecule has 0 heterocycles. The Bertz CT molecular complexity index is 210. The van der Waals surface area contributed by atoms with E-state index >= 15 is 0 Å². The Kier molecular flexibility index (Phi) is 4.61. The minimum absolute atomic E-state index is 0.267. The van der Waals surface area contributed by atoms with Gasteiger partial charge in [0.2, 0.25) is 0 Å². The molecule has 2 heteroatoms. The van der Waals surface area contributed by atoms with Crippen LogP contribution in [0.25, 0.3) is 0 Å². The molecule has 1 aromatic rings. The maximum absolute atomic E-state index is 5.37. The van der Waals surface area contributed by atoms with E-state index in [-0.39, 0.29) is 6.10 Å². The van der Waals surface area contributed by atoms with Crippen molar-refractivity contribution in [2.75, 3.05) is 11.5 Å². The molecule has 12 heavy (non-hydrogen) atoms. The fourth-order valence-electron chi connectivity index (χ4n) is 1.19. The Balaban J connectivity index is 2.66. The van der Waals surface area contributed by atoms with Crippen LogP contribution < -0.4 is 0 Å². The molecule has 66 valence electrons. The minimum Gasteiger partial charge on any atom is -0.377 e. The van der Waals surface area contributed by atoms with Gasteiger partial charge in [-0.1, -0.05) is 52.9 Å². The molecule has 0 aromatic heterocycles. The zero-order valence-corrected chi connectivity index (χ0v) is 9.32. The predicted molar refractivity (Wildman–Crippen MR) is 59.7 cm³/mol. The molecule has 0 saturated heterocycles. The van der Waals surface area contributed by atoms with E-state index < -0.39 is 0 Å². The van der Waals surface area contributed by atoms with Gasteiger partial charge in [0, 0.05) is 11.5 Å². The first-order valence-electron chi connectivity index (χ1n) is 4.02. The van der Waals surface area contributed by atoms with E-state index in [0.717, 1.165) is 10.8 Å². The maximum atomic E-state index is 5.37. The molecule has 0 aliphatic heterocycles. The maximum Gasteiger partial charge on any atom is 0.0828 e. The molecule has 0 N–H and O–H groups in total. The number of alkyl halides is 1. The average molecular weight is 276 g/mol. The van der Waals surface area contributed by atoms with Gasteiger partial charge in [0.25, 0.3) is 0 Å². The molecule has 0 spiro atoms. The Hall–Kier alpha value is -0.0900. The summed E-state index contributed by atoms with van der Waals surface area (Å²) in [6, 6.07) is 10.4. The van der Waals surface area contributed by atoms with Crippen molar-refractivity contribution in [3.63, 3.8) is 0 Å². The molecule has 0 aliphatic carbocycles. The van der Waals surface area contributed by atoms with Gasteiger partial charge in [-0.25, -0.2) is 0 Å². The fourth-order valence-corrected chi connectivity index (χ4v) is 1.75. The van der Waals surface area contributed by atoms with E-state index in [2.05, 4.69) is 46.9 Å². The summed E-state index contributed by atoms with van der Waals surface area (Å²) >= 11 is 2.37. The first-order chi connectivity index (χ1) is 5.88. The number of halogens is 1. The zero-order chi connectivity index (χ0) is 8.81. The third-order valence-corrected chi connectivity index (χ3v) is 2.45. The van der Waals surface area contributed by atoms with Gasteiger partial charge >= 0.3 is 0 Å². The van der Waals surface area contributed by atoms with E-state index in [0.29, 0.717) is 0 Å². The van der Waals surface area contributed by atoms with Crippen molar-refractivity contribution in [3.05, 3.63) is 35.9 Å². The quantitative estimate of drug-likeness (QED) is 0.606. The summed E-state index contributed by atoms with van der Waals surface area (Å²) in [4.78, 5) is 0. The number of ether oxygens (including phenoxy) is 1. The zero-order valence-electron chi connectivity index (χ0n) is 7.16. The molecule has 1 aromatic carbocycles. The van der Waals surface area contributed by atoms with Crippen molar-refractivity contribution in [2.45, 2.75) is 12.5 Å². The van der Waals surface area contributed by atoms with Crippen LogP contribution in [0.2, 0.25) is 0 Å². The van der Waals surface area contributed by atoms with Crippen LogP contribution in [0.3, 0.4) is 0 Å². The Morgan fingerprint density at radius 1 is 1.33 bits per heavy atom. The highest BCUT2D eigenvalue weighted by Gasteiger charge is 2.07. The minimum atomic E-state index is 0.267. The lowest BCUT2D eigenvalue weighted by Crippen LogP contribution is -2.01. The highest BCUT2D eigenvalue weighted by Crippen LogP contribution is 2.20. The van der Waals surface area contributed by atoms with E-state index in [1.807, 2.05) is 6.07 Å². The second kappa shape index (κ2) is 5.54. The smallest absolute Gasteiger partial charge is 0.0828 e. The van der Waals surface area contributed by atoms with Crippen LogP contribution in [-0.4, -0.2) is 11.5 Å². The van der Waals surface area contributed by atoms with E-state index in [4.69, 9.17) is 4.74 Å². The van der Waals surface area contributed by atoms with Gasteiger partial charge in [-0.2, -0.15) is 0 Å². The normalized spacial score (nSPS) is 12.8. The molecule has 1 unspecified atom stereocenters. The van der Waals surface area contributed by atoms with Gasteiger partial charge in [-0.15, -0.1) is 0 Å². The molecule has 0 amide bonds. The predicted octanol–water partition coefficient (Wildman–Crippen LogP) is 3.20. The number of rotatable bonds is 4. The van der Waals surface area contributed by atoms with Crippen LogP contribution >= 0.6 is 22.6 Å². The summed E-state index contributed by atoms with van der Waals surface area (Å²) in [7, 11) is 1.77. The topological polar surface area (TPSA) is 9.23 Å². The molecule has 1 nitrogen and oxygen atoms in total. The van der Waals surface area contributed by atoms with Gasteiger partial charge in [-0.05, 0) is 12.0 Å². The van der Waals surface area contributed by atoms with Gasteiger partial charge in [0.15, 0.2) is 0 Å². The van der Waals surface area contributed by atoms with Gasteiger partial charge in [0.05, 0.1) is 6.10 Å². The Morgan fingerprint density at radius 3 is 2.50 bits per heavy atom. The monoisotopic (exact) mass is 276 g/mol. The SMILES string of the molecule is COC(CCI)c1ccccc1. The standard InChI is InChI=1S/C10H13IO/c1-12-10(7-8-11)9-5-3-2-4-6-9/h2-6,10H,7-8H2,1H3. The highest BCUT2D eigenvalue weighted by atomic mass is 127. The number of hydrogen-bond acceptors (Lipinski definition) is 1. The second-order valence-electron chi connectivity index (χ2n) is 2.61. The van der Waals surface area contributed by atoms with Crippen molar-refractivity contribution in [1.82, 2.24) is 0 Å². The molecule has 0 fully saturated rings. The summed E-state index contributed by atoms with van der Waals surface area (Å²) < 4.78 is 6.50. The lowest BCUT2D eigenvalue weighted by Gasteiger charge is -2.13. The average Bonchev–Trinajstić information content (AvgIpc) is 2.15. The lowest BCUT2D eigenvalue weighted by molar-refractivity contribution is 0.102. The van der Waals surface area contributed by atoms with E-state index in [1.165, 1.54) is 5.56 Å². The van der Waals surface area contributed by atoms with Crippen LogP contribution in [0.1, 0.15) is 18.1 Å². The third kappa shape index (κ3) is 2.75. The summed E-state index contributed by atoms with van der Waals surface area (Å²) in [6.45, 7) is 0. The molecule has 0 bridgehead atoms. The summed E-state index contributed by atoms with van der Waals surface area (Å²) in [5.74, 6) is 0. The second-order valence-corrected chi connectivity index (χ2v) is 3.69. The first-order valence-corrected chi connectivity index (χ1v) is 5.54. The van der Waals surface area contributed by atoms with Crippen LogP contribution in [0.15, 0.2) is 30.3 Å². The lowest BCUT2D eigenvalue weighted by atomic mass is 10.1. The van der Waals surface area contributed by atoms with Crippen LogP contribution in [0.4, 0.5) is 0 Å². The Morgan fingerprint density at radius 2 is 2.00 bits per heavy atom. The van der Waals surface area contributed by atoms with E-state index in [1.54, 1.807) is 7.11 Å². The third-order valence-electron chi connectivity index (χ3n) is 1.83. The molecular weight excluding hydrogens is 263 g/mol. The Labute approximate surface area is 87.3 Å². The van der Waals surface area contributed by atoms with Gasteiger partial charge in [0.1, 0.15) is 0 Å². The van der Waals surface area contributed by atoms with Crippen LogP contribution in [0.5, 0.6) is 0 Å². The summed E-state index contributed by atoms with van der Waals surface area (Å²) in [5, 5.41) is 0. The van der Waals surface area contributed by atoms with Gasteiger partial charge in [-0.3, -0.25) is 0 Å². The molecule has 1 atom stereocenters. The van der Waals surface area contributed by atoms with E-state index in [9.17, 15) is 0 Å². The van der Waals surface area contributed by atoms with Crippen LogP contribution in [0, 0.1) is 0 Å². The number of hydrogen-bond donors (Lipinski definition) is 0. The summed E-state index contributed by atoms with van der Waals surface area (Å²) in [5.41, 5.74) is 1.27.